The van der Waals surface area contributed by atoms with Crippen LogP contribution >= 0.6 is 22.9 Å². The maximum Gasteiger partial charge on any atom is 0.338 e. The highest BCUT2D eigenvalue weighted by Gasteiger charge is 2.35. The standard InChI is InChI=1S/C32H25ClN2O5S/c1-4-17-40-25-16-13-23(33)18-22(25)19-26-30(36)35-29(21-11-14-24(38-3)15-12-21)27(31(37)39-5-2)28(34-32(35)41-26)20-9-7-6-8-10-20/h1,6-16,18-19,29H,5,17H2,2-3H3/b26-19-/t29-/m0/s1. The van der Waals surface area contributed by atoms with Gasteiger partial charge in [0.05, 0.1) is 35.6 Å². The molecule has 7 nitrogen and oxygen atoms in total. The summed E-state index contributed by atoms with van der Waals surface area (Å²) in [6.45, 7) is 1.97. The molecule has 0 aliphatic carbocycles. The normalized spacial score (nSPS) is 14.6. The monoisotopic (exact) mass is 584 g/mol. The molecule has 5 rings (SSSR count). The summed E-state index contributed by atoms with van der Waals surface area (Å²) < 4.78 is 18.4. The number of carbonyl (C=O) groups excluding carboxylic acids is 1. The molecule has 206 valence electrons. The van der Waals surface area contributed by atoms with Gasteiger partial charge in [0.2, 0.25) is 0 Å². The summed E-state index contributed by atoms with van der Waals surface area (Å²) in [5.74, 6) is 3.03. The first-order valence-corrected chi connectivity index (χ1v) is 13.9. The topological polar surface area (TPSA) is 79.1 Å². The molecule has 0 saturated heterocycles. The van der Waals surface area contributed by atoms with E-state index in [1.54, 1.807) is 50.4 Å². The molecule has 1 aliphatic heterocycles. The lowest BCUT2D eigenvalue weighted by Gasteiger charge is -2.26. The number of fused-ring (bicyclic) bond motifs is 1. The number of hydrogen-bond acceptors (Lipinski definition) is 7. The first-order chi connectivity index (χ1) is 19.9. The molecule has 3 aromatic carbocycles. The average Bonchev–Trinajstić information content (AvgIpc) is 3.30. The Bertz CT molecular complexity index is 1850. The molecule has 0 unspecified atom stereocenters. The molecule has 41 heavy (non-hydrogen) atoms. The second-order valence-corrected chi connectivity index (χ2v) is 10.3. The molecule has 1 aromatic heterocycles. The van der Waals surface area contributed by atoms with Crippen molar-refractivity contribution in [2.24, 2.45) is 4.99 Å². The van der Waals surface area contributed by atoms with Crippen LogP contribution in [-0.2, 0) is 9.53 Å². The molecule has 2 heterocycles. The summed E-state index contributed by atoms with van der Waals surface area (Å²) >= 11 is 7.48. The molecule has 1 atom stereocenters. The first-order valence-electron chi connectivity index (χ1n) is 12.7. The zero-order chi connectivity index (χ0) is 28.9. The number of methoxy groups -OCH3 is 1. The minimum atomic E-state index is -0.801. The van der Waals surface area contributed by atoms with Gasteiger partial charge in [-0.2, -0.15) is 0 Å². The Morgan fingerprint density at radius 2 is 1.90 bits per heavy atom. The molecule has 0 radical (unpaired) electrons. The van der Waals surface area contributed by atoms with Gasteiger partial charge in [0.25, 0.3) is 5.56 Å². The smallest absolute Gasteiger partial charge is 0.338 e. The van der Waals surface area contributed by atoms with Gasteiger partial charge < -0.3 is 14.2 Å². The maximum absolute atomic E-state index is 14.1. The van der Waals surface area contributed by atoms with Crippen LogP contribution in [0.3, 0.4) is 0 Å². The van der Waals surface area contributed by atoms with Crippen LogP contribution in [0.4, 0.5) is 0 Å². The van der Waals surface area contributed by atoms with Crippen molar-refractivity contribution in [2.45, 2.75) is 13.0 Å². The number of hydrogen-bond donors (Lipinski definition) is 0. The predicted octanol–water partition coefficient (Wildman–Crippen LogP) is 4.61. The van der Waals surface area contributed by atoms with E-state index in [2.05, 4.69) is 5.92 Å². The zero-order valence-electron chi connectivity index (χ0n) is 22.3. The Kier molecular flexibility index (Phi) is 8.39. The lowest BCUT2D eigenvalue weighted by Crippen LogP contribution is -2.40. The predicted molar refractivity (Wildman–Crippen MR) is 160 cm³/mol. The maximum atomic E-state index is 14.1. The minimum absolute atomic E-state index is 0.0600. The molecule has 4 aromatic rings. The Hall–Kier alpha value is -4.58. The van der Waals surface area contributed by atoms with Crippen LogP contribution < -0.4 is 24.4 Å². The van der Waals surface area contributed by atoms with Gasteiger partial charge in [0.15, 0.2) is 4.80 Å². The highest BCUT2D eigenvalue weighted by atomic mass is 35.5. The van der Waals surface area contributed by atoms with Crippen LogP contribution in [0.15, 0.2) is 88.2 Å². The molecule has 0 N–H and O–H groups in total. The largest absolute Gasteiger partial charge is 0.497 e. The second-order valence-electron chi connectivity index (χ2n) is 8.88. The van der Waals surface area contributed by atoms with Crippen molar-refractivity contribution in [3.05, 3.63) is 120 Å². The lowest BCUT2D eigenvalue weighted by molar-refractivity contribution is -0.138. The zero-order valence-corrected chi connectivity index (χ0v) is 23.9. The molecule has 0 spiro atoms. The molecule has 0 bridgehead atoms. The van der Waals surface area contributed by atoms with Crippen LogP contribution in [0.1, 0.15) is 29.7 Å². The van der Waals surface area contributed by atoms with Gasteiger partial charge in [-0.15, -0.1) is 6.42 Å². The van der Waals surface area contributed by atoms with E-state index in [0.29, 0.717) is 42.7 Å². The third kappa shape index (κ3) is 5.68. The van der Waals surface area contributed by atoms with Crippen LogP contribution in [-0.4, -0.2) is 30.9 Å². The molecule has 1 aliphatic rings. The number of terminal acetylenes is 1. The van der Waals surface area contributed by atoms with Gasteiger partial charge in [-0.1, -0.05) is 71.3 Å². The van der Waals surface area contributed by atoms with E-state index in [-0.39, 0.29) is 24.3 Å². The van der Waals surface area contributed by atoms with Crippen LogP contribution in [0.25, 0.3) is 11.8 Å². The van der Waals surface area contributed by atoms with Crippen molar-refractivity contribution in [3.63, 3.8) is 0 Å². The number of ether oxygens (including phenoxy) is 3. The lowest BCUT2D eigenvalue weighted by atomic mass is 9.93. The third-order valence-electron chi connectivity index (χ3n) is 6.37. The summed E-state index contributed by atoms with van der Waals surface area (Å²) in [6.07, 6.45) is 7.08. The van der Waals surface area contributed by atoms with Gasteiger partial charge in [0.1, 0.15) is 18.1 Å². The van der Waals surface area contributed by atoms with Gasteiger partial charge >= 0.3 is 5.97 Å². The Labute approximate surface area is 245 Å². The third-order valence-corrected chi connectivity index (χ3v) is 7.59. The summed E-state index contributed by atoms with van der Waals surface area (Å²) in [4.78, 5) is 32.9. The molecule has 0 amide bonds. The van der Waals surface area contributed by atoms with E-state index in [1.807, 2.05) is 42.5 Å². The van der Waals surface area contributed by atoms with E-state index in [1.165, 1.54) is 15.9 Å². The number of nitrogens with zero attached hydrogens (tertiary/aromatic N) is 2. The fourth-order valence-electron chi connectivity index (χ4n) is 4.57. The second kappa shape index (κ2) is 12.3. The number of benzene rings is 3. The van der Waals surface area contributed by atoms with Crippen molar-refractivity contribution in [1.29, 1.82) is 0 Å². The van der Waals surface area contributed by atoms with Crippen molar-refractivity contribution < 1.29 is 19.0 Å². The van der Waals surface area contributed by atoms with Crippen molar-refractivity contribution in [2.75, 3.05) is 20.3 Å². The Morgan fingerprint density at radius 1 is 1.15 bits per heavy atom. The molecular weight excluding hydrogens is 560 g/mol. The Balaban J connectivity index is 1.80. The van der Waals surface area contributed by atoms with E-state index in [0.717, 1.165) is 5.56 Å². The number of thiazole rings is 1. The van der Waals surface area contributed by atoms with Crippen LogP contribution in [0.5, 0.6) is 11.5 Å². The molecule has 0 saturated carbocycles. The Morgan fingerprint density at radius 3 is 2.59 bits per heavy atom. The van der Waals surface area contributed by atoms with E-state index in [4.69, 9.17) is 37.2 Å². The van der Waals surface area contributed by atoms with E-state index < -0.39 is 12.0 Å². The van der Waals surface area contributed by atoms with Crippen molar-refractivity contribution in [3.8, 4) is 23.8 Å². The summed E-state index contributed by atoms with van der Waals surface area (Å²) in [5.41, 5.74) is 2.40. The fourth-order valence-corrected chi connectivity index (χ4v) is 5.74. The number of aromatic nitrogens is 1. The quantitative estimate of drug-likeness (QED) is 0.223. The molecular formula is C32H25ClN2O5S. The van der Waals surface area contributed by atoms with Crippen molar-refractivity contribution in [1.82, 2.24) is 4.57 Å². The fraction of sp³-hybridized carbons (Fsp3) is 0.156. The number of rotatable bonds is 8. The minimum Gasteiger partial charge on any atom is -0.497 e. The highest BCUT2D eigenvalue weighted by Crippen LogP contribution is 2.35. The highest BCUT2D eigenvalue weighted by molar-refractivity contribution is 7.07. The van der Waals surface area contributed by atoms with E-state index >= 15 is 0 Å². The summed E-state index contributed by atoms with van der Waals surface area (Å²) in [5, 5.41) is 0.476. The van der Waals surface area contributed by atoms with Crippen LogP contribution in [0.2, 0.25) is 5.02 Å². The van der Waals surface area contributed by atoms with Crippen molar-refractivity contribution >= 4 is 40.7 Å². The average molecular weight is 585 g/mol. The van der Waals surface area contributed by atoms with Gasteiger partial charge in [-0.25, -0.2) is 9.79 Å². The van der Waals surface area contributed by atoms with Gasteiger partial charge in [0, 0.05) is 16.1 Å². The summed E-state index contributed by atoms with van der Waals surface area (Å²) in [6, 6.07) is 20.9. The van der Waals surface area contributed by atoms with Gasteiger partial charge in [-0.3, -0.25) is 9.36 Å². The van der Waals surface area contributed by atoms with Gasteiger partial charge in [-0.05, 0) is 48.9 Å². The summed E-state index contributed by atoms with van der Waals surface area (Å²) in [7, 11) is 1.58. The number of carbonyl (C=O) groups is 1. The first kappa shape index (κ1) is 28.0. The number of esters is 1. The van der Waals surface area contributed by atoms with Crippen LogP contribution in [0, 0.1) is 12.3 Å². The molecule has 0 fully saturated rings. The molecule has 9 heteroatoms. The number of halogens is 1. The van der Waals surface area contributed by atoms with E-state index in [9.17, 15) is 9.59 Å². The SMILES string of the molecule is C#CCOc1ccc(Cl)cc1/C=c1\sc2n(c1=O)[C@@H](c1ccc(OC)cc1)C(C(=O)OCC)=C(c1ccccc1)N=2.